The molecule has 0 aromatic heterocycles. The van der Waals surface area contributed by atoms with E-state index in [9.17, 15) is 9.59 Å². The van der Waals surface area contributed by atoms with Crippen LogP contribution in [0.25, 0.3) is 0 Å². The van der Waals surface area contributed by atoms with E-state index < -0.39 is 0 Å². The van der Waals surface area contributed by atoms with Crippen LogP contribution in [0.1, 0.15) is 76.8 Å². The van der Waals surface area contributed by atoms with Gasteiger partial charge in [-0.05, 0) is 42.9 Å². The van der Waals surface area contributed by atoms with Crippen molar-refractivity contribution in [3.05, 3.63) is 35.4 Å². The molecule has 0 aliphatic heterocycles. The van der Waals surface area contributed by atoms with Crippen molar-refractivity contribution < 1.29 is 9.59 Å². The molecule has 0 radical (unpaired) electrons. The van der Waals surface area contributed by atoms with Gasteiger partial charge in [0.25, 0.3) is 0 Å². The van der Waals surface area contributed by atoms with Crippen molar-refractivity contribution in [3.63, 3.8) is 0 Å². The molecule has 1 aromatic rings. The van der Waals surface area contributed by atoms with Crippen LogP contribution >= 0.6 is 0 Å². The number of hydrogen-bond donors (Lipinski definition) is 2. The van der Waals surface area contributed by atoms with Crippen molar-refractivity contribution in [2.24, 2.45) is 0 Å². The average molecular weight is 347 g/mol. The Morgan fingerprint density at radius 3 is 2.60 bits per heavy atom. The molecule has 1 amide bonds. The first-order valence-corrected chi connectivity index (χ1v) is 9.48. The van der Waals surface area contributed by atoms with Gasteiger partial charge in [-0.3, -0.25) is 4.79 Å². The summed E-state index contributed by atoms with van der Waals surface area (Å²) in [5.74, 6) is 0.482. The maximum atomic E-state index is 11.0. The molecule has 0 aliphatic rings. The zero-order valence-corrected chi connectivity index (χ0v) is 16.2. The largest absolute Gasteiger partial charge is 0.356 e. The zero-order chi connectivity index (χ0) is 18.7. The number of aldehydes is 1. The lowest BCUT2D eigenvalue weighted by molar-refractivity contribution is -0.119. The highest BCUT2D eigenvalue weighted by Gasteiger charge is 2.30. The van der Waals surface area contributed by atoms with Gasteiger partial charge in [0.1, 0.15) is 6.29 Å². The first kappa shape index (κ1) is 21.4. The number of rotatable bonds is 12. The van der Waals surface area contributed by atoms with Gasteiger partial charge in [0.05, 0.1) is 0 Å². The molecule has 140 valence electrons. The quantitative estimate of drug-likeness (QED) is 0.446. The molecule has 0 bridgehead atoms. The van der Waals surface area contributed by atoms with E-state index in [0.717, 1.165) is 38.5 Å². The maximum absolute atomic E-state index is 11.0. The lowest BCUT2D eigenvalue weighted by atomic mass is 9.80. The van der Waals surface area contributed by atoms with Crippen LogP contribution < -0.4 is 10.6 Å². The molecule has 0 heterocycles. The van der Waals surface area contributed by atoms with Crippen LogP contribution in [-0.4, -0.2) is 25.3 Å². The summed E-state index contributed by atoms with van der Waals surface area (Å²) in [6, 6.07) is 8.75. The molecule has 4 nitrogen and oxygen atoms in total. The van der Waals surface area contributed by atoms with E-state index >= 15 is 0 Å². The van der Waals surface area contributed by atoms with Gasteiger partial charge in [0, 0.05) is 25.4 Å². The summed E-state index contributed by atoms with van der Waals surface area (Å²) >= 11 is 0. The minimum atomic E-state index is -0.184. The van der Waals surface area contributed by atoms with Gasteiger partial charge < -0.3 is 15.4 Å². The van der Waals surface area contributed by atoms with Gasteiger partial charge in [-0.15, -0.1) is 0 Å². The highest BCUT2D eigenvalue weighted by Crippen LogP contribution is 2.33. The fraction of sp³-hybridized carbons (Fsp3) is 0.619. The molecule has 2 N–H and O–H groups in total. The van der Waals surface area contributed by atoms with Gasteiger partial charge in [-0.2, -0.15) is 0 Å². The first-order valence-electron chi connectivity index (χ1n) is 9.48. The number of nitrogens with one attached hydrogen (secondary N) is 2. The van der Waals surface area contributed by atoms with Crippen molar-refractivity contribution in [2.45, 2.75) is 71.3 Å². The van der Waals surface area contributed by atoms with E-state index in [1.165, 1.54) is 18.1 Å². The Morgan fingerprint density at radius 1 is 1.24 bits per heavy atom. The lowest BCUT2D eigenvalue weighted by Gasteiger charge is -2.36. The Bertz CT molecular complexity index is 542. The monoisotopic (exact) mass is 346 g/mol. The van der Waals surface area contributed by atoms with Gasteiger partial charge in [-0.1, -0.05) is 51.5 Å². The van der Waals surface area contributed by atoms with E-state index in [4.69, 9.17) is 0 Å². The summed E-state index contributed by atoms with van der Waals surface area (Å²) in [6.07, 6.45) is 5.26. The number of carbonyl (C=O) groups excluding carboxylic acids is 2. The van der Waals surface area contributed by atoms with Crippen molar-refractivity contribution in [2.75, 3.05) is 13.1 Å². The average Bonchev–Trinajstić information content (AvgIpc) is 2.59. The summed E-state index contributed by atoms with van der Waals surface area (Å²) in [5.41, 5.74) is 2.41. The molecule has 0 fully saturated rings. The number of benzene rings is 1. The first-order chi connectivity index (χ1) is 11.9. The van der Waals surface area contributed by atoms with Crippen LogP contribution in [0.4, 0.5) is 0 Å². The van der Waals surface area contributed by atoms with Gasteiger partial charge in [0.2, 0.25) is 5.91 Å². The SMILES string of the molecule is CCCC(CCC=O)(NCCCNC(C)=O)c1cccc(C(C)C)c1. The molecule has 1 rings (SSSR count). The third-order valence-electron chi connectivity index (χ3n) is 4.66. The minimum Gasteiger partial charge on any atom is -0.356 e. The second-order valence-corrected chi connectivity index (χ2v) is 7.08. The highest BCUT2D eigenvalue weighted by atomic mass is 16.1. The Kier molecular flexibility index (Phi) is 9.43. The van der Waals surface area contributed by atoms with E-state index in [0.29, 0.717) is 18.9 Å². The third-order valence-corrected chi connectivity index (χ3v) is 4.66. The van der Waals surface area contributed by atoms with Crippen molar-refractivity contribution in [3.8, 4) is 0 Å². The van der Waals surface area contributed by atoms with Crippen LogP contribution in [-0.2, 0) is 15.1 Å². The summed E-state index contributed by atoms with van der Waals surface area (Å²) < 4.78 is 0. The topological polar surface area (TPSA) is 58.2 Å². The van der Waals surface area contributed by atoms with Gasteiger partial charge in [-0.25, -0.2) is 0 Å². The van der Waals surface area contributed by atoms with E-state index in [1.807, 2.05) is 0 Å². The van der Waals surface area contributed by atoms with Crippen LogP contribution in [0.15, 0.2) is 24.3 Å². The minimum absolute atomic E-state index is 0.00501. The molecule has 0 saturated carbocycles. The molecule has 4 heteroatoms. The fourth-order valence-electron chi connectivity index (χ4n) is 3.30. The van der Waals surface area contributed by atoms with E-state index in [2.05, 4.69) is 55.7 Å². The van der Waals surface area contributed by atoms with Crippen LogP contribution in [0.2, 0.25) is 0 Å². The second kappa shape index (κ2) is 11.0. The molecule has 1 atom stereocenters. The third kappa shape index (κ3) is 6.99. The zero-order valence-electron chi connectivity index (χ0n) is 16.2. The lowest BCUT2D eigenvalue weighted by Crippen LogP contribution is -2.43. The Balaban J connectivity index is 2.97. The van der Waals surface area contributed by atoms with Crippen molar-refractivity contribution in [1.82, 2.24) is 10.6 Å². The van der Waals surface area contributed by atoms with Crippen molar-refractivity contribution >= 4 is 12.2 Å². The predicted octanol–water partition coefficient (Wildman–Crippen LogP) is 3.90. The summed E-state index contributed by atoms with van der Waals surface area (Å²) in [7, 11) is 0. The molecular formula is C21H34N2O2. The predicted molar refractivity (Wildman–Crippen MR) is 104 cm³/mol. The van der Waals surface area contributed by atoms with E-state index in [-0.39, 0.29) is 11.4 Å². The van der Waals surface area contributed by atoms with Crippen LogP contribution in [0.5, 0.6) is 0 Å². The molecule has 25 heavy (non-hydrogen) atoms. The van der Waals surface area contributed by atoms with Crippen LogP contribution in [0, 0.1) is 0 Å². The number of carbonyl (C=O) groups is 2. The summed E-state index contributed by atoms with van der Waals surface area (Å²) in [4.78, 5) is 22.0. The van der Waals surface area contributed by atoms with E-state index in [1.54, 1.807) is 0 Å². The van der Waals surface area contributed by atoms with Gasteiger partial charge >= 0.3 is 0 Å². The molecule has 0 aliphatic carbocycles. The summed E-state index contributed by atoms with van der Waals surface area (Å²) in [5, 5.41) is 6.55. The standard InChI is InChI=1S/C21H34N2O2/c1-5-11-21(12-7-15-24,23-14-8-13-22-18(4)25)20-10-6-9-19(16-20)17(2)3/h6,9-10,15-17,23H,5,7-8,11-14H2,1-4H3,(H,22,25). The molecular weight excluding hydrogens is 312 g/mol. The fourth-order valence-corrected chi connectivity index (χ4v) is 3.30. The number of amides is 1. The summed E-state index contributed by atoms with van der Waals surface area (Å²) in [6.45, 7) is 9.60. The maximum Gasteiger partial charge on any atom is 0.216 e. The second-order valence-electron chi connectivity index (χ2n) is 7.08. The van der Waals surface area contributed by atoms with Crippen LogP contribution in [0.3, 0.4) is 0 Å². The normalized spacial score (nSPS) is 13.5. The smallest absolute Gasteiger partial charge is 0.216 e. The molecule has 0 spiro atoms. The Morgan fingerprint density at radius 2 is 2.00 bits per heavy atom. The van der Waals surface area contributed by atoms with Crippen molar-refractivity contribution in [1.29, 1.82) is 0 Å². The van der Waals surface area contributed by atoms with Gasteiger partial charge in [0.15, 0.2) is 0 Å². The number of hydrogen-bond acceptors (Lipinski definition) is 3. The molecule has 1 unspecified atom stereocenters. The molecule has 0 saturated heterocycles. The molecule has 1 aromatic carbocycles. The Hall–Kier alpha value is -1.68. The highest BCUT2D eigenvalue weighted by molar-refractivity contribution is 5.72. The Labute approximate surface area is 152 Å².